The van der Waals surface area contributed by atoms with Gasteiger partial charge in [-0.15, -0.1) is 0 Å². The SMILES string of the molecule is O=C(CC1c2ccccc2-c2ccccc21)N1CCC(O)(c2ccc(Cl)cc2)CC1. The van der Waals surface area contributed by atoms with E-state index in [2.05, 4.69) is 48.5 Å². The Morgan fingerprint density at radius 1 is 0.900 bits per heavy atom. The maximum Gasteiger partial charge on any atom is 0.223 e. The number of likely N-dealkylation sites (tertiary alicyclic amines) is 1. The monoisotopic (exact) mass is 417 g/mol. The Bertz CT molecular complexity index is 1040. The first kappa shape index (κ1) is 19.3. The van der Waals surface area contributed by atoms with Gasteiger partial charge in [0.2, 0.25) is 5.91 Å². The molecule has 4 heteroatoms. The molecule has 152 valence electrons. The molecule has 0 unspecified atom stereocenters. The van der Waals surface area contributed by atoms with Gasteiger partial charge < -0.3 is 10.0 Å². The van der Waals surface area contributed by atoms with Gasteiger partial charge in [0, 0.05) is 30.5 Å². The number of nitrogens with zero attached hydrogens (tertiary/aromatic N) is 1. The van der Waals surface area contributed by atoms with Crippen LogP contribution < -0.4 is 0 Å². The van der Waals surface area contributed by atoms with Gasteiger partial charge in [-0.25, -0.2) is 0 Å². The van der Waals surface area contributed by atoms with Crippen molar-refractivity contribution >= 4 is 17.5 Å². The van der Waals surface area contributed by atoms with Gasteiger partial charge in [0.15, 0.2) is 0 Å². The number of piperidine rings is 1. The van der Waals surface area contributed by atoms with Crippen LogP contribution in [0.15, 0.2) is 72.8 Å². The van der Waals surface area contributed by atoms with Gasteiger partial charge in [0.1, 0.15) is 0 Å². The lowest BCUT2D eigenvalue weighted by Crippen LogP contribution is -2.45. The summed E-state index contributed by atoms with van der Waals surface area (Å²) in [6, 6.07) is 24.2. The first-order valence-electron chi connectivity index (χ1n) is 10.5. The number of amides is 1. The number of benzene rings is 3. The number of carbonyl (C=O) groups excluding carboxylic acids is 1. The van der Waals surface area contributed by atoms with E-state index in [-0.39, 0.29) is 11.8 Å². The summed E-state index contributed by atoms with van der Waals surface area (Å²) < 4.78 is 0. The predicted molar refractivity (Wildman–Crippen MR) is 120 cm³/mol. The average molecular weight is 418 g/mol. The summed E-state index contributed by atoms with van der Waals surface area (Å²) in [7, 11) is 0. The Morgan fingerprint density at radius 2 is 1.43 bits per heavy atom. The lowest BCUT2D eigenvalue weighted by molar-refractivity contribution is -0.136. The van der Waals surface area contributed by atoms with Gasteiger partial charge in [0.05, 0.1) is 5.60 Å². The standard InChI is InChI=1S/C26H24ClNO2/c27-19-11-9-18(10-12-19)26(30)13-15-28(16-14-26)25(29)17-24-22-7-3-1-5-20(22)21-6-2-4-8-23(21)24/h1-12,24,30H,13-17H2. The molecule has 0 atom stereocenters. The Kier molecular flexibility index (Phi) is 4.88. The highest BCUT2D eigenvalue weighted by molar-refractivity contribution is 6.30. The van der Waals surface area contributed by atoms with Crippen LogP contribution in [0.2, 0.25) is 5.02 Å². The van der Waals surface area contributed by atoms with Crippen molar-refractivity contribution in [2.45, 2.75) is 30.8 Å². The fourth-order valence-electron chi connectivity index (χ4n) is 4.96. The highest BCUT2D eigenvalue weighted by Gasteiger charge is 2.37. The van der Waals surface area contributed by atoms with Crippen molar-refractivity contribution in [2.24, 2.45) is 0 Å². The molecule has 0 spiro atoms. The summed E-state index contributed by atoms with van der Waals surface area (Å²) in [5.41, 5.74) is 4.93. The molecule has 1 N–H and O–H groups in total. The number of carbonyl (C=O) groups is 1. The first-order chi connectivity index (χ1) is 14.5. The second kappa shape index (κ2) is 7.57. The number of halogens is 1. The lowest BCUT2D eigenvalue weighted by Gasteiger charge is -2.39. The smallest absolute Gasteiger partial charge is 0.223 e. The van der Waals surface area contributed by atoms with Crippen LogP contribution in [-0.4, -0.2) is 29.0 Å². The minimum Gasteiger partial charge on any atom is -0.385 e. The molecule has 1 saturated heterocycles. The van der Waals surface area contributed by atoms with Crippen LogP contribution in [0, 0.1) is 0 Å². The number of fused-ring (bicyclic) bond motifs is 3. The maximum absolute atomic E-state index is 13.2. The van der Waals surface area contributed by atoms with Crippen LogP contribution in [0.4, 0.5) is 0 Å². The molecule has 3 aromatic rings. The first-order valence-corrected chi connectivity index (χ1v) is 10.9. The molecule has 1 aliphatic heterocycles. The van der Waals surface area contributed by atoms with E-state index >= 15 is 0 Å². The van der Waals surface area contributed by atoms with Crippen LogP contribution in [0.25, 0.3) is 11.1 Å². The Hall–Kier alpha value is -2.62. The van der Waals surface area contributed by atoms with Crippen molar-refractivity contribution in [1.82, 2.24) is 4.90 Å². The van der Waals surface area contributed by atoms with E-state index in [9.17, 15) is 9.90 Å². The van der Waals surface area contributed by atoms with Gasteiger partial charge in [-0.2, -0.15) is 0 Å². The van der Waals surface area contributed by atoms with E-state index < -0.39 is 5.60 Å². The van der Waals surface area contributed by atoms with Crippen molar-refractivity contribution in [2.75, 3.05) is 13.1 Å². The van der Waals surface area contributed by atoms with E-state index in [1.807, 2.05) is 17.0 Å². The van der Waals surface area contributed by atoms with Crippen molar-refractivity contribution in [3.8, 4) is 11.1 Å². The summed E-state index contributed by atoms with van der Waals surface area (Å²) in [5.74, 6) is 0.256. The van der Waals surface area contributed by atoms with Crippen LogP contribution in [-0.2, 0) is 10.4 Å². The predicted octanol–water partition coefficient (Wildman–Crippen LogP) is 5.35. The van der Waals surface area contributed by atoms with Gasteiger partial charge in [-0.05, 0) is 52.8 Å². The molecule has 1 aliphatic carbocycles. The topological polar surface area (TPSA) is 40.5 Å². The van der Waals surface area contributed by atoms with E-state index in [4.69, 9.17) is 11.6 Å². The summed E-state index contributed by atoms with van der Waals surface area (Å²) in [6.45, 7) is 1.13. The molecule has 3 aromatic carbocycles. The molecule has 0 radical (unpaired) electrons. The van der Waals surface area contributed by atoms with Crippen LogP contribution in [0.1, 0.15) is 41.9 Å². The molecule has 30 heavy (non-hydrogen) atoms. The van der Waals surface area contributed by atoms with Crippen LogP contribution in [0.5, 0.6) is 0 Å². The average Bonchev–Trinajstić information content (AvgIpc) is 3.09. The Morgan fingerprint density at radius 3 is 2.00 bits per heavy atom. The molecular weight excluding hydrogens is 394 g/mol. The van der Waals surface area contributed by atoms with E-state index in [1.54, 1.807) is 12.1 Å². The van der Waals surface area contributed by atoms with Crippen molar-refractivity contribution in [3.05, 3.63) is 94.5 Å². The molecule has 1 amide bonds. The summed E-state index contributed by atoms with van der Waals surface area (Å²) in [5, 5.41) is 11.8. The zero-order chi connectivity index (χ0) is 20.7. The van der Waals surface area contributed by atoms with Crippen molar-refractivity contribution < 1.29 is 9.90 Å². The van der Waals surface area contributed by atoms with E-state index in [0.717, 1.165) is 5.56 Å². The largest absolute Gasteiger partial charge is 0.385 e. The number of hydrogen-bond acceptors (Lipinski definition) is 2. The fraction of sp³-hybridized carbons (Fsp3) is 0.269. The van der Waals surface area contributed by atoms with Gasteiger partial charge in [-0.1, -0.05) is 72.3 Å². The van der Waals surface area contributed by atoms with Crippen LogP contribution in [0.3, 0.4) is 0 Å². The zero-order valence-corrected chi connectivity index (χ0v) is 17.5. The minimum atomic E-state index is -0.895. The summed E-state index contributed by atoms with van der Waals surface area (Å²) in [4.78, 5) is 15.1. The molecule has 0 aromatic heterocycles. The molecular formula is C26H24ClNO2. The lowest BCUT2D eigenvalue weighted by atomic mass is 9.84. The molecule has 1 fully saturated rings. The quantitative estimate of drug-likeness (QED) is 0.623. The normalized spacial score (nSPS) is 17.5. The van der Waals surface area contributed by atoms with Crippen LogP contribution >= 0.6 is 11.6 Å². The third kappa shape index (κ3) is 3.32. The van der Waals surface area contributed by atoms with Crippen molar-refractivity contribution in [3.63, 3.8) is 0 Å². The van der Waals surface area contributed by atoms with E-state index in [1.165, 1.54) is 22.3 Å². The molecule has 3 nitrogen and oxygen atoms in total. The van der Waals surface area contributed by atoms with Crippen molar-refractivity contribution in [1.29, 1.82) is 0 Å². The number of hydrogen-bond donors (Lipinski definition) is 1. The number of aliphatic hydroxyl groups is 1. The minimum absolute atomic E-state index is 0.0991. The molecule has 1 heterocycles. The highest BCUT2D eigenvalue weighted by Crippen LogP contribution is 2.46. The molecule has 0 bridgehead atoms. The molecule has 0 saturated carbocycles. The fourth-order valence-corrected chi connectivity index (χ4v) is 5.08. The van der Waals surface area contributed by atoms with Gasteiger partial charge in [-0.3, -0.25) is 4.79 Å². The number of rotatable bonds is 3. The summed E-state index contributed by atoms with van der Waals surface area (Å²) >= 11 is 5.98. The zero-order valence-electron chi connectivity index (χ0n) is 16.7. The molecule has 2 aliphatic rings. The second-order valence-electron chi connectivity index (χ2n) is 8.35. The maximum atomic E-state index is 13.2. The Balaban J connectivity index is 1.31. The third-order valence-electron chi connectivity index (χ3n) is 6.67. The highest BCUT2D eigenvalue weighted by atomic mass is 35.5. The van der Waals surface area contributed by atoms with E-state index in [0.29, 0.717) is 37.4 Å². The molecule has 5 rings (SSSR count). The summed E-state index contributed by atoms with van der Waals surface area (Å²) in [6.07, 6.45) is 1.55. The second-order valence-corrected chi connectivity index (χ2v) is 8.79. The van der Waals surface area contributed by atoms with Gasteiger partial charge >= 0.3 is 0 Å². The Labute approximate surface area is 181 Å². The van der Waals surface area contributed by atoms with Gasteiger partial charge in [0.25, 0.3) is 0 Å². The third-order valence-corrected chi connectivity index (χ3v) is 6.92.